The summed E-state index contributed by atoms with van der Waals surface area (Å²) in [4.78, 5) is 16.4. The molecule has 1 aromatic heterocycles. The van der Waals surface area contributed by atoms with Crippen molar-refractivity contribution in [2.45, 2.75) is 26.3 Å². The SMILES string of the molecule is Cc1ccc(CNc2ccccc2N2CCCC2=O)s1. The third-order valence-corrected chi connectivity index (χ3v) is 4.52. The van der Waals surface area contributed by atoms with Crippen LogP contribution >= 0.6 is 11.3 Å². The Bertz CT molecular complexity index is 620. The van der Waals surface area contributed by atoms with Crippen molar-refractivity contribution in [2.24, 2.45) is 0 Å². The molecule has 0 bridgehead atoms. The standard InChI is InChI=1S/C16H18N2OS/c1-12-8-9-13(20-12)11-17-14-5-2-3-6-15(14)18-10-4-7-16(18)19/h2-3,5-6,8-9,17H,4,7,10-11H2,1H3. The summed E-state index contributed by atoms with van der Waals surface area (Å²) in [7, 11) is 0. The highest BCUT2D eigenvalue weighted by Crippen LogP contribution is 2.30. The Kier molecular flexibility index (Phi) is 3.74. The van der Waals surface area contributed by atoms with E-state index in [0.717, 1.165) is 30.9 Å². The molecule has 1 saturated heterocycles. The Morgan fingerprint density at radius 3 is 2.80 bits per heavy atom. The second kappa shape index (κ2) is 5.67. The molecule has 0 radical (unpaired) electrons. The average molecular weight is 286 g/mol. The molecule has 1 aliphatic heterocycles. The lowest BCUT2D eigenvalue weighted by Crippen LogP contribution is -2.24. The normalized spacial score (nSPS) is 14.8. The number of amides is 1. The monoisotopic (exact) mass is 286 g/mol. The van der Waals surface area contributed by atoms with Gasteiger partial charge in [-0.15, -0.1) is 11.3 Å². The van der Waals surface area contributed by atoms with Gasteiger partial charge < -0.3 is 10.2 Å². The largest absolute Gasteiger partial charge is 0.378 e. The number of thiophene rings is 1. The molecule has 104 valence electrons. The summed E-state index contributed by atoms with van der Waals surface area (Å²) >= 11 is 1.80. The van der Waals surface area contributed by atoms with Crippen LogP contribution in [-0.4, -0.2) is 12.5 Å². The van der Waals surface area contributed by atoms with Gasteiger partial charge in [-0.3, -0.25) is 4.79 Å². The van der Waals surface area contributed by atoms with Gasteiger partial charge in [-0.1, -0.05) is 12.1 Å². The van der Waals surface area contributed by atoms with E-state index < -0.39 is 0 Å². The van der Waals surface area contributed by atoms with Crippen molar-refractivity contribution in [2.75, 3.05) is 16.8 Å². The Balaban J connectivity index is 1.77. The molecule has 0 spiro atoms. The number of benzene rings is 1. The van der Waals surface area contributed by atoms with Crippen LogP contribution in [0.25, 0.3) is 0 Å². The predicted octanol–water partition coefficient (Wildman–Crippen LogP) is 3.80. The first-order valence-electron chi connectivity index (χ1n) is 6.92. The number of carbonyl (C=O) groups excluding carboxylic acids is 1. The predicted molar refractivity (Wildman–Crippen MR) is 84.4 cm³/mol. The fraction of sp³-hybridized carbons (Fsp3) is 0.312. The fourth-order valence-electron chi connectivity index (χ4n) is 2.52. The van der Waals surface area contributed by atoms with E-state index in [1.807, 2.05) is 29.2 Å². The minimum Gasteiger partial charge on any atom is -0.378 e. The van der Waals surface area contributed by atoms with Crippen molar-refractivity contribution < 1.29 is 4.79 Å². The van der Waals surface area contributed by atoms with Gasteiger partial charge in [-0.25, -0.2) is 0 Å². The molecule has 0 aliphatic carbocycles. The van der Waals surface area contributed by atoms with Crippen molar-refractivity contribution in [1.82, 2.24) is 0 Å². The summed E-state index contributed by atoms with van der Waals surface area (Å²) in [6.45, 7) is 3.75. The first kappa shape index (κ1) is 13.2. The highest BCUT2D eigenvalue weighted by molar-refractivity contribution is 7.11. The maximum Gasteiger partial charge on any atom is 0.227 e. The topological polar surface area (TPSA) is 32.3 Å². The molecular formula is C16H18N2OS. The number of rotatable bonds is 4. The number of aryl methyl sites for hydroxylation is 1. The Labute approximate surface area is 123 Å². The summed E-state index contributed by atoms with van der Waals surface area (Å²) in [5.74, 6) is 0.228. The molecule has 20 heavy (non-hydrogen) atoms. The van der Waals surface area contributed by atoms with E-state index in [4.69, 9.17) is 0 Å². The van der Waals surface area contributed by atoms with Gasteiger partial charge in [-0.05, 0) is 37.6 Å². The zero-order valence-corrected chi connectivity index (χ0v) is 12.4. The van der Waals surface area contributed by atoms with E-state index in [1.165, 1.54) is 9.75 Å². The van der Waals surface area contributed by atoms with Crippen LogP contribution in [0.3, 0.4) is 0 Å². The van der Waals surface area contributed by atoms with Gasteiger partial charge in [0.05, 0.1) is 11.4 Å². The van der Waals surface area contributed by atoms with E-state index in [0.29, 0.717) is 6.42 Å². The van der Waals surface area contributed by atoms with Crippen molar-refractivity contribution in [3.63, 3.8) is 0 Å². The number of hydrogen-bond donors (Lipinski definition) is 1. The highest BCUT2D eigenvalue weighted by atomic mass is 32.1. The molecule has 2 aromatic rings. The van der Waals surface area contributed by atoms with E-state index >= 15 is 0 Å². The van der Waals surface area contributed by atoms with Gasteiger partial charge in [0.2, 0.25) is 5.91 Å². The van der Waals surface area contributed by atoms with Crippen LogP contribution in [0.15, 0.2) is 36.4 Å². The number of hydrogen-bond acceptors (Lipinski definition) is 3. The van der Waals surface area contributed by atoms with Crippen LogP contribution < -0.4 is 10.2 Å². The first-order valence-corrected chi connectivity index (χ1v) is 7.74. The summed E-state index contributed by atoms with van der Waals surface area (Å²) in [6.07, 6.45) is 1.62. The van der Waals surface area contributed by atoms with Gasteiger partial charge >= 0.3 is 0 Å². The van der Waals surface area contributed by atoms with Crippen molar-refractivity contribution >= 4 is 28.6 Å². The van der Waals surface area contributed by atoms with Gasteiger partial charge in [0.1, 0.15) is 0 Å². The number of nitrogens with one attached hydrogen (secondary N) is 1. The average Bonchev–Trinajstić information content (AvgIpc) is 3.05. The van der Waals surface area contributed by atoms with Crippen LogP contribution in [0.4, 0.5) is 11.4 Å². The molecule has 0 saturated carbocycles. The zero-order chi connectivity index (χ0) is 13.9. The van der Waals surface area contributed by atoms with Gasteiger partial charge in [0, 0.05) is 29.3 Å². The summed E-state index contributed by atoms with van der Waals surface area (Å²) in [6, 6.07) is 12.3. The molecular weight excluding hydrogens is 268 g/mol. The van der Waals surface area contributed by atoms with E-state index in [1.54, 1.807) is 11.3 Å². The van der Waals surface area contributed by atoms with Crippen molar-refractivity contribution in [3.05, 3.63) is 46.2 Å². The Morgan fingerprint density at radius 2 is 2.10 bits per heavy atom. The second-order valence-electron chi connectivity index (χ2n) is 5.03. The van der Waals surface area contributed by atoms with Gasteiger partial charge in [0.15, 0.2) is 0 Å². The van der Waals surface area contributed by atoms with E-state index in [9.17, 15) is 4.79 Å². The van der Waals surface area contributed by atoms with E-state index in [2.05, 4.69) is 24.4 Å². The molecule has 4 heteroatoms. The third kappa shape index (κ3) is 2.70. The van der Waals surface area contributed by atoms with Crippen molar-refractivity contribution in [3.8, 4) is 0 Å². The molecule has 1 fully saturated rings. The number of nitrogens with zero attached hydrogens (tertiary/aromatic N) is 1. The van der Waals surface area contributed by atoms with Crippen LogP contribution in [0.1, 0.15) is 22.6 Å². The molecule has 3 rings (SSSR count). The van der Waals surface area contributed by atoms with Gasteiger partial charge in [0.25, 0.3) is 0 Å². The maximum atomic E-state index is 11.9. The molecule has 1 amide bonds. The smallest absolute Gasteiger partial charge is 0.227 e. The maximum absolute atomic E-state index is 11.9. The van der Waals surface area contributed by atoms with E-state index in [-0.39, 0.29) is 5.91 Å². The lowest BCUT2D eigenvalue weighted by atomic mass is 10.2. The van der Waals surface area contributed by atoms with Gasteiger partial charge in [-0.2, -0.15) is 0 Å². The Hall–Kier alpha value is -1.81. The lowest BCUT2D eigenvalue weighted by molar-refractivity contribution is -0.117. The molecule has 3 nitrogen and oxygen atoms in total. The number of para-hydroxylation sites is 2. The molecule has 1 aromatic carbocycles. The van der Waals surface area contributed by atoms with Crippen LogP contribution in [0.5, 0.6) is 0 Å². The lowest BCUT2D eigenvalue weighted by Gasteiger charge is -2.20. The van der Waals surface area contributed by atoms with Crippen LogP contribution in [-0.2, 0) is 11.3 Å². The second-order valence-corrected chi connectivity index (χ2v) is 6.40. The molecule has 2 heterocycles. The number of carbonyl (C=O) groups is 1. The number of anilines is 2. The summed E-state index contributed by atoms with van der Waals surface area (Å²) < 4.78 is 0. The molecule has 1 N–H and O–H groups in total. The minimum atomic E-state index is 0.228. The molecule has 0 unspecified atom stereocenters. The first-order chi connectivity index (χ1) is 9.74. The summed E-state index contributed by atoms with van der Waals surface area (Å²) in [5.41, 5.74) is 2.04. The quantitative estimate of drug-likeness (QED) is 0.927. The Morgan fingerprint density at radius 1 is 1.25 bits per heavy atom. The molecule has 1 aliphatic rings. The van der Waals surface area contributed by atoms with Crippen LogP contribution in [0.2, 0.25) is 0 Å². The third-order valence-electron chi connectivity index (χ3n) is 3.52. The highest BCUT2D eigenvalue weighted by Gasteiger charge is 2.23. The van der Waals surface area contributed by atoms with Crippen molar-refractivity contribution in [1.29, 1.82) is 0 Å². The van der Waals surface area contributed by atoms with Crippen LogP contribution in [0, 0.1) is 6.92 Å². The minimum absolute atomic E-state index is 0.228. The zero-order valence-electron chi connectivity index (χ0n) is 11.6. The summed E-state index contributed by atoms with van der Waals surface area (Å²) in [5, 5.41) is 3.46. The molecule has 0 atom stereocenters. The fourth-order valence-corrected chi connectivity index (χ4v) is 3.35.